The maximum atomic E-state index is 5.52. The second kappa shape index (κ2) is 5.31. The molecular formula is C14H16N2O2. The Balaban J connectivity index is 1.60. The van der Waals surface area contributed by atoms with E-state index in [1.807, 2.05) is 18.2 Å². The van der Waals surface area contributed by atoms with E-state index >= 15 is 0 Å². The minimum Gasteiger partial charge on any atom is -0.368 e. The van der Waals surface area contributed by atoms with Crippen molar-refractivity contribution in [3.8, 4) is 0 Å². The average Bonchev–Trinajstić information content (AvgIpc) is 3.08. The molecule has 3 rings (SSSR count). The van der Waals surface area contributed by atoms with Crippen LogP contribution in [0.1, 0.15) is 36.2 Å². The molecule has 1 aliphatic heterocycles. The molecule has 94 valence electrons. The third-order valence-electron chi connectivity index (χ3n) is 3.17. The molecule has 1 saturated heterocycles. The summed E-state index contributed by atoms with van der Waals surface area (Å²) in [5.74, 6) is 1.40. The first-order valence-electron chi connectivity index (χ1n) is 6.40. The highest BCUT2D eigenvalue weighted by atomic mass is 16.5. The van der Waals surface area contributed by atoms with E-state index in [9.17, 15) is 0 Å². The van der Waals surface area contributed by atoms with Gasteiger partial charge in [-0.1, -0.05) is 35.5 Å². The fourth-order valence-corrected chi connectivity index (χ4v) is 2.17. The van der Waals surface area contributed by atoms with Crippen molar-refractivity contribution in [2.45, 2.75) is 31.8 Å². The molecule has 0 unspecified atom stereocenters. The Morgan fingerprint density at radius 2 is 2.06 bits per heavy atom. The predicted molar refractivity (Wildman–Crippen MR) is 66.1 cm³/mol. The van der Waals surface area contributed by atoms with Gasteiger partial charge in [-0.05, 0) is 24.8 Å². The number of hydrogen-bond acceptors (Lipinski definition) is 4. The van der Waals surface area contributed by atoms with Crippen LogP contribution in [0.4, 0.5) is 0 Å². The van der Waals surface area contributed by atoms with E-state index in [0.717, 1.165) is 38.1 Å². The van der Waals surface area contributed by atoms with Crippen LogP contribution in [0.15, 0.2) is 34.9 Å². The van der Waals surface area contributed by atoms with Gasteiger partial charge in [-0.2, -0.15) is 4.98 Å². The molecule has 1 aromatic carbocycles. The molecule has 4 nitrogen and oxygen atoms in total. The Hall–Kier alpha value is -1.68. The average molecular weight is 244 g/mol. The summed E-state index contributed by atoms with van der Waals surface area (Å²) in [5.41, 5.74) is 1.29. The Bertz CT molecular complexity index is 490. The van der Waals surface area contributed by atoms with Crippen LogP contribution in [0.3, 0.4) is 0 Å². The van der Waals surface area contributed by atoms with Crippen molar-refractivity contribution in [1.82, 2.24) is 10.1 Å². The fourth-order valence-electron chi connectivity index (χ4n) is 2.17. The summed E-state index contributed by atoms with van der Waals surface area (Å²) in [4.78, 5) is 4.40. The SMILES string of the molecule is c1ccc(CCc2noc([C@H]3CCCO3)n2)cc1. The number of aryl methyl sites for hydroxylation is 2. The molecule has 0 saturated carbocycles. The number of ether oxygens (including phenoxy) is 1. The normalized spacial score (nSPS) is 19.2. The third kappa shape index (κ3) is 2.59. The topological polar surface area (TPSA) is 48.2 Å². The van der Waals surface area contributed by atoms with Crippen molar-refractivity contribution in [3.63, 3.8) is 0 Å². The molecule has 0 bridgehead atoms. The van der Waals surface area contributed by atoms with Crippen LogP contribution in [-0.2, 0) is 17.6 Å². The number of hydrogen-bond donors (Lipinski definition) is 0. The molecule has 2 heterocycles. The van der Waals surface area contributed by atoms with E-state index in [1.165, 1.54) is 5.56 Å². The minimum absolute atomic E-state index is 0.0166. The van der Waals surface area contributed by atoms with Crippen molar-refractivity contribution in [2.24, 2.45) is 0 Å². The van der Waals surface area contributed by atoms with Gasteiger partial charge in [0.2, 0.25) is 0 Å². The van der Waals surface area contributed by atoms with E-state index in [4.69, 9.17) is 9.26 Å². The summed E-state index contributed by atoms with van der Waals surface area (Å²) in [6.45, 7) is 0.798. The molecule has 0 N–H and O–H groups in total. The minimum atomic E-state index is 0.0166. The van der Waals surface area contributed by atoms with Crippen molar-refractivity contribution >= 4 is 0 Å². The smallest absolute Gasteiger partial charge is 0.255 e. The number of rotatable bonds is 4. The maximum absolute atomic E-state index is 5.52. The Labute approximate surface area is 106 Å². The first-order valence-corrected chi connectivity index (χ1v) is 6.40. The van der Waals surface area contributed by atoms with E-state index < -0.39 is 0 Å². The highest BCUT2D eigenvalue weighted by Gasteiger charge is 2.23. The van der Waals surface area contributed by atoms with E-state index in [1.54, 1.807) is 0 Å². The van der Waals surface area contributed by atoms with Crippen molar-refractivity contribution in [3.05, 3.63) is 47.6 Å². The highest BCUT2D eigenvalue weighted by molar-refractivity contribution is 5.15. The number of benzene rings is 1. The summed E-state index contributed by atoms with van der Waals surface area (Å²) >= 11 is 0. The highest BCUT2D eigenvalue weighted by Crippen LogP contribution is 2.26. The van der Waals surface area contributed by atoms with Crippen LogP contribution < -0.4 is 0 Å². The largest absolute Gasteiger partial charge is 0.368 e. The quantitative estimate of drug-likeness (QED) is 0.829. The second-order valence-corrected chi connectivity index (χ2v) is 4.54. The summed E-state index contributed by atoms with van der Waals surface area (Å²) in [7, 11) is 0. The first-order chi connectivity index (χ1) is 8.92. The van der Waals surface area contributed by atoms with E-state index in [0.29, 0.717) is 5.89 Å². The zero-order valence-electron chi connectivity index (χ0n) is 10.2. The predicted octanol–water partition coefficient (Wildman–Crippen LogP) is 2.71. The van der Waals surface area contributed by atoms with Crippen LogP contribution >= 0.6 is 0 Å². The molecule has 0 amide bonds. The van der Waals surface area contributed by atoms with Crippen molar-refractivity contribution < 1.29 is 9.26 Å². The molecule has 18 heavy (non-hydrogen) atoms. The zero-order chi connectivity index (χ0) is 12.2. The molecule has 1 atom stereocenters. The molecule has 0 aliphatic carbocycles. The summed E-state index contributed by atoms with van der Waals surface area (Å²) in [6.07, 6.45) is 3.82. The van der Waals surface area contributed by atoms with Crippen LogP contribution in [0.2, 0.25) is 0 Å². The monoisotopic (exact) mass is 244 g/mol. The lowest BCUT2D eigenvalue weighted by Gasteiger charge is -2.00. The summed E-state index contributed by atoms with van der Waals surface area (Å²) in [5, 5.41) is 4.01. The lowest BCUT2D eigenvalue weighted by Crippen LogP contribution is -1.97. The molecule has 1 aromatic heterocycles. The van der Waals surface area contributed by atoms with Crippen LogP contribution in [0.5, 0.6) is 0 Å². The Morgan fingerprint density at radius 1 is 1.17 bits per heavy atom. The van der Waals surface area contributed by atoms with Crippen LogP contribution in [0.25, 0.3) is 0 Å². The molecule has 1 fully saturated rings. The van der Waals surface area contributed by atoms with Crippen LogP contribution in [-0.4, -0.2) is 16.7 Å². The standard InChI is InChI=1S/C14H16N2O2/c1-2-5-11(6-3-1)8-9-13-15-14(18-16-13)12-7-4-10-17-12/h1-3,5-6,12H,4,7-10H2/t12-/m1/s1. The third-order valence-corrected chi connectivity index (χ3v) is 3.17. The Morgan fingerprint density at radius 3 is 2.83 bits per heavy atom. The summed E-state index contributed by atoms with van der Waals surface area (Å²) in [6, 6.07) is 10.3. The van der Waals surface area contributed by atoms with Gasteiger partial charge in [0.15, 0.2) is 5.82 Å². The fraction of sp³-hybridized carbons (Fsp3) is 0.429. The van der Waals surface area contributed by atoms with Crippen molar-refractivity contribution in [1.29, 1.82) is 0 Å². The lowest BCUT2D eigenvalue weighted by molar-refractivity contribution is 0.0835. The number of nitrogens with zero attached hydrogens (tertiary/aromatic N) is 2. The first kappa shape index (κ1) is 11.4. The van der Waals surface area contributed by atoms with Gasteiger partial charge in [0.1, 0.15) is 6.10 Å². The molecular weight excluding hydrogens is 228 g/mol. The van der Waals surface area contributed by atoms with Crippen molar-refractivity contribution in [2.75, 3.05) is 6.61 Å². The van der Waals surface area contributed by atoms with E-state index in [2.05, 4.69) is 22.3 Å². The molecule has 2 aromatic rings. The van der Waals surface area contributed by atoms with Gasteiger partial charge in [-0.15, -0.1) is 0 Å². The lowest BCUT2D eigenvalue weighted by atomic mass is 10.1. The van der Waals surface area contributed by atoms with Crippen LogP contribution in [0, 0.1) is 0 Å². The van der Waals surface area contributed by atoms with Gasteiger partial charge < -0.3 is 9.26 Å². The summed E-state index contributed by atoms with van der Waals surface area (Å²) < 4.78 is 10.8. The van der Waals surface area contributed by atoms with Gasteiger partial charge in [0, 0.05) is 13.0 Å². The molecule has 0 radical (unpaired) electrons. The van der Waals surface area contributed by atoms with Gasteiger partial charge in [-0.3, -0.25) is 0 Å². The van der Waals surface area contributed by atoms with Gasteiger partial charge >= 0.3 is 0 Å². The number of aromatic nitrogens is 2. The molecule has 1 aliphatic rings. The molecule has 4 heteroatoms. The second-order valence-electron chi connectivity index (χ2n) is 4.54. The zero-order valence-corrected chi connectivity index (χ0v) is 10.2. The van der Waals surface area contributed by atoms with Gasteiger partial charge in [0.05, 0.1) is 0 Å². The Kier molecular flexibility index (Phi) is 3.37. The van der Waals surface area contributed by atoms with E-state index in [-0.39, 0.29) is 6.10 Å². The maximum Gasteiger partial charge on any atom is 0.255 e. The van der Waals surface area contributed by atoms with Gasteiger partial charge in [-0.25, -0.2) is 0 Å². The molecule has 0 spiro atoms. The van der Waals surface area contributed by atoms with Gasteiger partial charge in [0.25, 0.3) is 5.89 Å².